The fourth-order valence-corrected chi connectivity index (χ4v) is 1.44. The summed E-state index contributed by atoms with van der Waals surface area (Å²) in [5.74, 6) is -2.21. The molecule has 2 N–H and O–H groups in total. The van der Waals surface area contributed by atoms with Crippen molar-refractivity contribution >= 4 is 11.8 Å². The second kappa shape index (κ2) is 3.43. The zero-order chi connectivity index (χ0) is 10.2. The molecule has 0 unspecified atom stereocenters. The molecular weight excluding hydrogens is 174 g/mol. The molecule has 1 aliphatic heterocycles. The van der Waals surface area contributed by atoms with E-state index in [0.29, 0.717) is 6.42 Å². The van der Waals surface area contributed by atoms with E-state index in [1.807, 2.05) is 13.8 Å². The molecule has 2 atom stereocenters. The molecule has 1 rings (SSSR count). The van der Waals surface area contributed by atoms with Crippen molar-refractivity contribution in [1.82, 2.24) is 5.06 Å². The number of hydrogen-bond acceptors (Lipinski definition) is 4. The maximum absolute atomic E-state index is 11.2. The predicted octanol–water partition coefficient (Wildman–Crippen LogP) is -0.232. The average Bonchev–Trinajstić information content (AvgIpc) is 2.22. The van der Waals surface area contributed by atoms with Gasteiger partial charge >= 0.3 is 0 Å². The SMILES string of the molecule is CC(C)C[C@H]1C(=O)N(O)C(=O)[C@H]1O. The lowest BCUT2D eigenvalue weighted by Gasteiger charge is -2.11. The third-order valence-electron chi connectivity index (χ3n) is 2.09. The molecule has 1 heterocycles. The van der Waals surface area contributed by atoms with Gasteiger partial charge in [0.25, 0.3) is 11.8 Å². The van der Waals surface area contributed by atoms with Gasteiger partial charge in [-0.15, -0.1) is 0 Å². The molecule has 0 aromatic rings. The Balaban J connectivity index is 2.75. The largest absolute Gasteiger partial charge is 0.382 e. The normalized spacial score (nSPS) is 29.2. The van der Waals surface area contributed by atoms with Crippen LogP contribution in [-0.4, -0.2) is 33.3 Å². The smallest absolute Gasteiger partial charge is 0.282 e. The van der Waals surface area contributed by atoms with E-state index >= 15 is 0 Å². The lowest BCUT2D eigenvalue weighted by atomic mass is 9.94. The number of carbonyl (C=O) groups is 2. The van der Waals surface area contributed by atoms with E-state index < -0.39 is 23.8 Å². The summed E-state index contributed by atoms with van der Waals surface area (Å²) in [7, 11) is 0. The van der Waals surface area contributed by atoms with Crippen LogP contribution in [0.15, 0.2) is 0 Å². The van der Waals surface area contributed by atoms with Crippen molar-refractivity contribution in [3.63, 3.8) is 0 Å². The molecular formula is C8H13NO4. The van der Waals surface area contributed by atoms with Crippen LogP contribution in [0.1, 0.15) is 20.3 Å². The first-order valence-electron chi connectivity index (χ1n) is 4.20. The van der Waals surface area contributed by atoms with Crippen molar-refractivity contribution in [3.8, 4) is 0 Å². The van der Waals surface area contributed by atoms with Crippen LogP contribution in [0.25, 0.3) is 0 Å². The molecule has 0 spiro atoms. The molecule has 0 saturated carbocycles. The molecule has 13 heavy (non-hydrogen) atoms. The fraction of sp³-hybridized carbons (Fsp3) is 0.750. The first kappa shape index (κ1) is 10.1. The molecule has 0 radical (unpaired) electrons. The average molecular weight is 187 g/mol. The molecule has 1 aliphatic rings. The van der Waals surface area contributed by atoms with Crippen LogP contribution < -0.4 is 0 Å². The lowest BCUT2D eigenvalue weighted by Crippen LogP contribution is -2.28. The number of rotatable bonds is 2. The van der Waals surface area contributed by atoms with Gasteiger partial charge in [0.15, 0.2) is 0 Å². The highest BCUT2D eigenvalue weighted by Gasteiger charge is 2.46. The topological polar surface area (TPSA) is 77.8 Å². The molecule has 0 bridgehead atoms. The summed E-state index contributed by atoms with van der Waals surface area (Å²) in [6, 6.07) is 0. The molecule has 0 aromatic carbocycles. The number of hydroxylamine groups is 2. The number of carbonyl (C=O) groups excluding carboxylic acids is 2. The number of aliphatic hydroxyl groups is 1. The molecule has 1 fully saturated rings. The summed E-state index contributed by atoms with van der Waals surface area (Å²) in [6.45, 7) is 3.76. The zero-order valence-electron chi connectivity index (χ0n) is 7.60. The summed E-state index contributed by atoms with van der Waals surface area (Å²) in [5.41, 5.74) is 0. The number of nitrogens with zero attached hydrogens (tertiary/aromatic N) is 1. The Bertz CT molecular complexity index is 238. The summed E-state index contributed by atoms with van der Waals surface area (Å²) in [4.78, 5) is 22.1. The molecule has 74 valence electrons. The first-order valence-corrected chi connectivity index (χ1v) is 4.20. The predicted molar refractivity (Wildman–Crippen MR) is 42.6 cm³/mol. The number of aliphatic hydroxyl groups excluding tert-OH is 1. The summed E-state index contributed by atoms with van der Waals surface area (Å²) in [5, 5.41) is 18.2. The van der Waals surface area contributed by atoms with Gasteiger partial charge in [-0.25, -0.2) is 0 Å². The van der Waals surface area contributed by atoms with Crippen LogP contribution >= 0.6 is 0 Å². The van der Waals surface area contributed by atoms with Gasteiger partial charge in [0.2, 0.25) is 0 Å². The van der Waals surface area contributed by atoms with E-state index in [2.05, 4.69) is 0 Å². The minimum Gasteiger partial charge on any atom is -0.382 e. The molecule has 2 amide bonds. The zero-order valence-corrected chi connectivity index (χ0v) is 7.60. The van der Waals surface area contributed by atoms with Crippen molar-refractivity contribution < 1.29 is 19.9 Å². The highest BCUT2D eigenvalue weighted by molar-refractivity contribution is 6.04. The highest BCUT2D eigenvalue weighted by Crippen LogP contribution is 2.24. The number of amides is 2. The molecule has 0 aliphatic carbocycles. The Labute approximate surface area is 75.9 Å². The van der Waals surface area contributed by atoms with Crippen LogP contribution in [-0.2, 0) is 9.59 Å². The molecule has 1 saturated heterocycles. The Morgan fingerprint density at radius 3 is 2.23 bits per heavy atom. The highest BCUT2D eigenvalue weighted by atomic mass is 16.5. The third-order valence-corrected chi connectivity index (χ3v) is 2.09. The first-order chi connectivity index (χ1) is 5.95. The lowest BCUT2D eigenvalue weighted by molar-refractivity contribution is -0.174. The standard InChI is InChI=1S/C8H13NO4/c1-4(2)3-5-6(10)8(12)9(13)7(5)11/h4-6,10,13H,3H2,1-2H3/t5-,6+/m1/s1. The summed E-state index contributed by atoms with van der Waals surface area (Å²) < 4.78 is 0. The van der Waals surface area contributed by atoms with E-state index in [-0.39, 0.29) is 11.0 Å². The van der Waals surface area contributed by atoms with E-state index in [9.17, 15) is 14.7 Å². The summed E-state index contributed by atoms with van der Waals surface area (Å²) >= 11 is 0. The molecule has 5 heteroatoms. The number of hydrogen-bond donors (Lipinski definition) is 2. The van der Waals surface area contributed by atoms with Crippen LogP contribution in [0.2, 0.25) is 0 Å². The maximum Gasteiger partial charge on any atom is 0.282 e. The van der Waals surface area contributed by atoms with Gasteiger partial charge in [0, 0.05) is 0 Å². The Hall–Kier alpha value is -0.940. The second-order valence-electron chi connectivity index (χ2n) is 3.67. The Morgan fingerprint density at radius 1 is 1.38 bits per heavy atom. The number of imide groups is 1. The van der Waals surface area contributed by atoms with Crippen molar-refractivity contribution in [2.45, 2.75) is 26.4 Å². The van der Waals surface area contributed by atoms with E-state index in [1.54, 1.807) is 0 Å². The van der Waals surface area contributed by atoms with Crippen molar-refractivity contribution in [2.75, 3.05) is 0 Å². The van der Waals surface area contributed by atoms with Crippen LogP contribution in [0.5, 0.6) is 0 Å². The quantitative estimate of drug-likeness (QED) is 0.462. The van der Waals surface area contributed by atoms with Gasteiger partial charge in [-0.3, -0.25) is 14.8 Å². The summed E-state index contributed by atoms with van der Waals surface area (Å²) in [6.07, 6.45) is -0.970. The Morgan fingerprint density at radius 2 is 1.92 bits per heavy atom. The maximum atomic E-state index is 11.2. The Kier molecular flexibility index (Phi) is 2.68. The third kappa shape index (κ3) is 1.71. The van der Waals surface area contributed by atoms with E-state index in [0.717, 1.165) is 0 Å². The minimum atomic E-state index is -1.38. The van der Waals surface area contributed by atoms with Crippen LogP contribution in [0.4, 0.5) is 0 Å². The van der Waals surface area contributed by atoms with E-state index in [1.165, 1.54) is 0 Å². The van der Waals surface area contributed by atoms with Gasteiger partial charge in [-0.05, 0) is 12.3 Å². The van der Waals surface area contributed by atoms with Crippen LogP contribution in [0.3, 0.4) is 0 Å². The van der Waals surface area contributed by atoms with Gasteiger partial charge in [-0.2, -0.15) is 5.06 Å². The van der Waals surface area contributed by atoms with Gasteiger partial charge < -0.3 is 5.11 Å². The fourth-order valence-electron chi connectivity index (χ4n) is 1.44. The molecule has 5 nitrogen and oxygen atoms in total. The molecule has 0 aromatic heterocycles. The van der Waals surface area contributed by atoms with E-state index in [4.69, 9.17) is 5.21 Å². The van der Waals surface area contributed by atoms with Gasteiger partial charge in [-0.1, -0.05) is 13.8 Å². The van der Waals surface area contributed by atoms with Crippen LogP contribution in [0, 0.1) is 11.8 Å². The monoisotopic (exact) mass is 187 g/mol. The van der Waals surface area contributed by atoms with Crippen molar-refractivity contribution in [2.24, 2.45) is 11.8 Å². The van der Waals surface area contributed by atoms with Gasteiger partial charge in [0.1, 0.15) is 6.10 Å². The van der Waals surface area contributed by atoms with Gasteiger partial charge in [0.05, 0.1) is 5.92 Å². The minimum absolute atomic E-state index is 0.0116. The second-order valence-corrected chi connectivity index (χ2v) is 3.67. The van der Waals surface area contributed by atoms with Crippen molar-refractivity contribution in [3.05, 3.63) is 0 Å². The van der Waals surface area contributed by atoms with Crippen molar-refractivity contribution in [1.29, 1.82) is 0 Å².